The molecule has 0 aliphatic carbocycles. The quantitative estimate of drug-likeness (QED) is 0.680. The van der Waals surface area contributed by atoms with Gasteiger partial charge in [0.05, 0.1) is 5.69 Å². The number of aldehydes is 1. The summed E-state index contributed by atoms with van der Waals surface area (Å²) < 4.78 is 5.85. The third-order valence-corrected chi connectivity index (χ3v) is 3.77. The Morgan fingerprint density at radius 2 is 1.68 bits per heavy atom. The van der Waals surface area contributed by atoms with E-state index in [0.29, 0.717) is 28.3 Å². The summed E-state index contributed by atoms with van der Waals surface area (Å²) in [7, 11) is 0. The number of benzene rings is 3. The SMILES string of the molecule is Cc1cc(C(=O)Nc2ccccc2Oc2ccccc2)ccc1C=O. The molecule has 4 nitrogen and oxygen atoms in total. The Bertz CT molecular complexity index is 904. The van der Waals surface area contributed by atoms with Crippen molar-refractivity contribution in [3.8, 4) is 11.5 Å². The minimum Gasteiger partial charge on any atom is -0.455 e. The first-order valence-electron chi connectivity index (χ1n) is 7.86. The molecule has 0 saturated carbocycles. The van der Waals surface area contributed by atoms with Gasteiger partial charge in [0.25, 0.3) is 5.91 Å². The molecule has 0 aliphatic heterocycles. The standard InChI is InChI=1S/C21H17NO3/c1-15-13-16(11-12-17(15)14-23)21(24)22-19-9-5-6-10-20(19)25-18-7-3-2-4-8-18/h2-14H,1H3,(H,22,24). The van der Waals surface area contributed by atoms with E-state index in [-0.39, 0.29) is 5.91 Å². The number of amides is 1. The number of hydrogen-bond acceptors (Lipinski definition) is 3. The maximum Gasteiger partial charge on any atom is 0.255 e. The molecule has 124 valence electrons. The van der Waals surface area contributed by atoms with Gasteiger partial charge in [-0.25, -0.2) is 0 Å². The van der Waals surface area contributed by atoms with Crippen molar-refractivity contribution in [1.29, 1.82) is 0 Å². The van der Waals surface area contributed by atoms with E-state index in [9.17, 15) is 9.59 Å². The van der Waals surface area contributed by atoms with Gasteiger partial charge in [-0.05, 0) is 48.9 Å². The van der Waals surface area contributed by atoms with Crippen LogP contribution in [0.2, 0.25) is 0 Å². The molecule has 0 fully saturated rings. The highest BCUT2D eigenvalue weighted by Crippen LogP contribution is 2.29. The van der Waals surface area contributed by atoms with Gasteiger partial charge < -0.3 is 10.1 Å². The van der Waals surface area contributed by atoms with Gasteiger partial charge in [0.1, 0.15) is 12.0 Å². The molecular weight excluding hydrogens is 314 g/mol. The van der Waals surface area contributed by atoms with Crippen LogP contribution in [0, 0.1) is 6.92 Å². The number of nitrogens with one attached hydrogen (secondary N) is 1. The van der Waals surface area contributed by atoms with Gasteiger partial charge in [-0.3, -0.25) is 9.59 Å². The Hall–Kier alpha value is -3.40. The zero-order chi connectivity index (χ0) is 17.6. The number of hydrogen-bond donors (Lipinski definition) is 1. The first kappa shape index (κ1) is 16.5. The number of rotatable bonds is 5. The summed E-state index contributed by atoms with van der Waals surface area (Å²) in [6.07, 6.45) is 0.778. The van der Waals surface area contributed by atoms with Gasteiger partial charge in [0, 0.05) is 11.1 Å². The van der Waals surface area contributed by atoms with E-state index < -0.39 is 0 Å². The molecule has 0 atom stereocenters. The molecule has 3 aromatic rings. The van der Waals surface area contributed by atoms with Crippen molar-refractivity contribution < 1.29 is 14.3 Å². The van der Waals surface area contributed by atoms with E-state index in [1.807, 2.05) is 42.5 Å². The minimum absolute atomic E-state index is 0.260. The van der Waals surface area contributed by atoms with E-state index >= 15 is 0 Å². The predicted octanol–water partition coefficient (Wildman–Crippen LogP) is 4.85. The second-order valence-electron chi connectivity index (χ2n) is 5.55. The summed E-state index contributed by atoms with van der Waals surface area (Å²) in [4.78, 5) is 23.4. The highest BCUT2D eigenvalue weighted by atomic mass is 16.5. The van der Waals surface area contributed by atoms with Gasteiger partial charge in [-0.2, -0.15) is 0 Å². The molecule has 0 radical (unpaired) electrons. The summed E-state index contributed by atoms with van der Waals surface area (Å²) in [5, 5.41) is 2.86. The number of ether oxygens (including phenoxy) is 1. The van der Waals surface area contributed by atoms with Crippen LogP contribution in [0.15, 0.2) is 72.8 Å². The Kier molecular flexibility index (Phi) is 4.90. The largest absolute Gasteiger partial charge is 0.455 e. The molecule has 0 unspecified atom stereocenters. The van der Waals surface area contributed by atoms with Crippen LogP contribution < -0.4 is 10.1 Å². The van der Waals surface area contributed by atoms with Crippen LogP contribution in [0.25, 0.3) is 0 Å². The highest BCUT2D eigenvalue weighted by Gasteiger charge is 2.11. The van der Waals surface area contributed by atoms with Crippen molar-refractivity contribution in [2.75, 3.05) is 5.32 Å². The molecule has 25 heavy (non-hydrogen) atoms. The summed E-state index contributed by atoms with van der Waals surface area (Å²) in [5.41, 5.74) is 2.40. The molecular formula is C21H17NO3. The van der Waals surface area contributed by atoms with Crippen LogP contribution >= 0.6 is 0 Å². The number of aryl methyl sites for hydroxylation is 1. The summed E-state index contributed by atoms with van der Waals surface area (Å²) in [6.45, 7) is 1.80. The Morgan fingerprint density at radius 3 is 2.40 bits per heavy atom. The minimum atomic E-state index is -0.260. The lowest BCUT2D eigenvalue weighted by molar-refractivity contribution is 0.102. The Labute approximate surface area is 146 Å². The molecule has 0 saturated heterocycles. The average Bonchev–Trinajstić information content (AvgIpc) is 2.64. The van der Waals surface area contributed by atoms with Crippen LogP contribution in [-0.4, -0.2) is 12.2 Å². The number of carbonyl (C=O) groups excluding carboxylic acids is 2. The van der Waals surface area contributed by atoms with Crippen molar-refractivity contribution >= 4 is 17.9 Å². The normalized spacial score (nSPS) is 10.1. The van der Waals surface area contributed by atoms with Crippen LogP contribution in [0.4, 0.5) is 5.69 Å². The smallest absolute Gasteiger partial charge is 0.255 e. The third kappa shape index (κ3) is 3.93. The highest BCUT2D eigenvalue weighted by molar-refractivity contribution is 6.05. The van der Waals surface area contributed by atoms with E-state index in [4.69, 9.17) is 4.74 Å². The molecule has 3 rings (SSSR count). The summed E-state index contributed by atoms with van der Waals surface area (Å²) >= 11 is 0. The van der Waals surface area contributed by atoms with E-state index in [1.54, 1.807) is 37.3 Å². The van der Waals surface area contributed by atoms with Gasteiger partial charge >= 0.3 is 0 Å². The second-order valence-corrected chi connectivity index (χ2v) is 5.55. The van der Waals surface area contributed by atoms with E-state index in [0.717, 1.165) is 11.8 Å². The van der Waals surface area contributed by atoms with Crippen molar-refractivity contribution in [3.05, 3.63) is 89.5 Å². The molecule has 0 bridgehead atoms. The zero-order valence-corrected chi connectivity index (χ0v) is 13.7. The lowest BCUT2D eigenvalue weighted by Gasteiger charge is -2.12. The van der Waals surface area contributed by atoms with Crippen molar-refractivity contribution in [3.63, 3.8) is 0 Å². The van der Waals surface area contributed by atoms with Crippen LogP contribution in [0.5, 0.6) is 11.5 Å². The molecule has 3 aromatic carbocycles. The van der Waals surface area contributed by atoms with E-state index in [2.05, 4.69) is 5.32 Å². The number of para-hydroxylation sites is 3. The fourth-order valence-corrected chi connectivity index (χ4v) is 2.42. The molecule has 0 heterocycles. The lowest BCUT2D eigenvalue weighted by Crippen LogP contribution is -2.13. The molecule has 1 amide bonds. The van der Waals surface area contributed by atoms with Gasteiger partial charge in [0.2, 0.25) is 0 Å². The maximum atomic E-state index is 12.5. The first-order valence-corrected chi connectivity index (χ1v) is 7.86. The summed E-state index contributed by atoms with van der Waals surface area (Å²) in [6, 6.07) is 21.6. The second kappa shape index (κ2) is 7.45. The number of carbonyl (C=O) groups is 2. The van der Waals surface area contributed by atoms with Gasteiger partial charge in [0.15, 0.2) is 5.75 Å². The summed E-state index contributed by atoms with van der Waals surface area (Å²) in [5.74, 6) is 0.989. The molecule has 1 N–H and O–H groups in total. The Morgan fingerprint density at radius 1 is 0.960 bits per heavy atom. The van der Waals surface area contributed by atoms with Crippen LogP contribution in [0.3, 0.4) is 0 Å². The predicted molar refractivity (Wildman–Crippen MR) is 97.5 cm³/mol. The van der Waals surface area contributed by atoms with Crippen LogP contribution in [-0.2, 0) is 0 Å². The van der Waals surface area contributed by atoms with Gasteiger partial charge in [-0.15, -0.1) is 0 Å². The molecule has 0 spiro atoms. The fourth-order valence-electron chi connectivity index (χ4n) is 2.42. The maximum absolute atomic E-state index is 12.5. The van der Waals surface area contributed by atoms with Crippen molar-refractivity contribution in [2.45, 2.75) is 6.92 Å². The van der Waals surface area contributed by atoms with Crippen molar-refractivity contribution in [2.24, 2.45) is 0 Å². The van der Waals surface area contributed by atoms with Crippen LogP contribution in [0.1, 0.15) is 26.3 Å². The molecule has 0 aromatic heterocycles. The van der Waals surface area contributed by atoms with Crippen molar-refractivity contribution in [1.82, 2.24) is 0 Å². The topological polar surface area (TPSA) is 55.4 Å². The monoisotopic (exact) mass is 331 g/mol. The number of anilines is 1. The zero-order valence-electron chi connectivity index (χ0n) is 13.7. The van der Waals surface area contributed by atoms with E-state index in [1.165, 1.54) is 0 Å². The first-order chi connectivity index (χ1) is 12.2. The molecule has 0 aliphatic rings. The lowest BCUT2D eigenvalue weighted by atomic mass is 10.1. The third-order valence-electron chi connectivity index (χ3n) is 3.77. The average molecular weight is 331 g/mol. The Balaban J connectivity index is 1.82. The van der Waals surface area contributed by atoms with Gasteiger partial charge in [-0.1, -0.05) is 36.4 Å². The fraction of sp³-hybridized carbons (Fsp3) is 0.0476. The molecule has 4 heteroatoms.